The predicted octanol–water partition coefficient (Wildman–Crippen LogP) is 5.34. The number of benzene rings is 2. The minimum Gasteiger partial charge on any atom is -0.330 e. The Balaban J connectivity index is 1.83. The number of rotatable bonds is 5. The van der Waals surface area contributed by atoms with Crippen molar-refractivity contribution >= 4 is 22.4 Å². The SMILES string of the molecule is NCCC1(CCc2ccc(Cl)c3ccccc23)CCCC1. The van der Waals surface area contributed by atoms with Gasteiger partial charge in [0.05, 0.1) is 0 Å². The van der Waals surface area contributed by atoms with Gasteiger partial charge in [-0.1, -0.05) is 54.8 Å². The minimum absolute atomic E-state index is 0.496. The second-order valence-electron chi connectivity index (χ2n) is 6.50. The highest BCUT2D eigenvalue weighted by molar-refractivity contribution is 6.35. The van der Waals surface area contributed by atoms with Crippen LogP contribution in [0, 0.1) is 5.41 Å². The molecule has 0 radical (unpaired) electrons. The van der Waals surface area contributed by atoms with Gasteiger partial charge >= 0.3 is 0 Å². The third-order valence-corrected chi connectivity index (χ3v) is 5.55. The van der Waals surface area contributed by atoms with Gasteiger partial charge in [0.15, 0.2) is 0 Å². The molecule has 0 atom stereocenters. The van der Waals surface area contributed by atoms with Crippen LogP contribution in [0.15, 0.2) is 36.4 Å². The average Bonchev–Trinajstić information content (AvgIpc) is 2.96. The van der Waals surface area contributed by atoms with Crippen molar-refractivity contribution in [2.45, 2.75) is 44.9 Å². The van der Waals surface area contributed by atoms with Crippen molar-refractivity contribution in [3.8, 4) is 0 Å². The lowest BCUT2D eigenvalue weighted by Gasteiger charge is -2.28. The van der Waals surface area contributed by atoms with Gasteiger partial charge in [-0.05, 0) is 61.1 Å². The van der Waals surface area contributed by atoms with Crippen LogP contribution >= 0.6 is 11.6 Å². The molecule has 0 unspecified atom stereocenters. The van der Waals surface area contributed by atoms with E-state index in [0.29, 0.717) is 5.41 Å². The molecule has 1 nitrogen and oxygen atoms in total. The van der Waals surface area contributed by atoms with Gasteiger partial charge in [0.2, 0.25) is 0 Å². The van der Waals surface area contributed by atoms with E-state index in [-0.39, 0.29) is 0 Å². The molecule has 1 aliphatic carbocycles. The Morgan fingerprint density at radius 2 is 1.67 bits per heavy atom. The molecule has 112 valence electrons. The maximum Gasteiger partial charge on any atom is 0.0484 e. The first-order chi connectivity index (χ1) is 10.2. The number of hydrogen-bond donors (Lipinski definition) is 1. The average molecular weight is 302 g/mol. The summed E-state index contributed by atoms with van der Waals surface area (Å²) in [5.41, 5.74) is 7.78. The van der Waals surface area contributed by atoms with Crippen molar-refractivity contribution in [1.82, 2.24) is 0 Å². The fraction of sp³-hybridized carbons (Fsp3) is 0.474. The van der Waals surface area contributed by atoms with Gasteiger partial charge < -0.3 is 5.73 Å². The Hall–Kier alpha value is -1.05. The molecular weight excluding hydrogens is 278 g/mol. The maximum absolute atomic E-state index is 6.32. The zero-order valence-corrected chi connectivity index (χ0v) is 13.3. The van der Waals surface area contributed by atoms with E-state index in [9.17, 15) is 0 Å². The van der Waals surface area contributed by atoms with Gasteiger partial charge in [-0.15, -0.1) is 0 Å². The zero-order valence-electron chi connectivity index (χ0n) is 12.6. The second kappa shape index (κ2) is 6.37. The standard InChI is InChI=1S/C19H24ClN/c20-18-8-7-15(16-5-1-2-6-17(16)18)9-12-19(13-14-21)10-3-4-11-19/h1-2,5-8H,3-4,9-14,21H2. The van der Waals surface area contributed by atoms with Crippen LogP contribution in [0.4, 0.5) is 0 Å². The van der Waals surface area contributed by atoms with E-state index in [1.807, 2.05) is 6.07 Å². The molecule has 0 saturated heterocycles. The number of halogens is 1. The van der Waals surface area contributed by atoms with Crippen LogP contribution in [-0.4, -0.2) is 6.54 Å². The lowest BCUT2D eigenvalue weighted by molar-refractivity contribution is 0.253. The molecule has 2 aromatic rings. The van der Waals surface area contributed by atoms with Crippen LogP contribution in [-0.2, 0) is 6.42 Å². The summed E-state index contributed by atoms with van der Waals surface area (Å²) in [5.74, 6) is 0. The van der Waals surface area contributed by atoms with Crippen molar-refractivity contribution in [1.29, 1.82) is 0 Å². The lowest BCUT2D eigenvalue weighted by atomic mass is 9.77. The van der Waals surface area contributed by atoms with Crippen molar-refractivity contribution in [3.63, 3.8) is 0 Å². The Labute approximate surface area is 132 Å². The molecule has 0 bridgehead atoms. The highest BCUT2D eigenvalue weighted by atomic mass is 35.5. The number of hydrogen-bond acceptors (Lipinski definition) is 1. The van der Waals surface area contributed by atoms with E-state index < -0.39 is 0 Å². The van der Waals surface area contributed by atoms with Crippen molar-refractivity contribution in [2.75, 3.05) is 6.54 Å². The van der Waals surface area contributed by atoms with Crippen molar-refractivity contribution in [2.24, 2.45) is 11.1 Å². The molecule has 2 N–H and O–H groups in total. The van der Waals surface area contributed by atoms with Gasteiger partial charge in [-0.3, -0.25) is 0 Å². The summed E-state index contributed by atoms with van der Waals surface area (Å²) < 4.78 is 0. The second-order valence-corrected chi connectivity index (χ2v) is 6.91. The van der Waals surface area contributed by atoms with Gasteiger partial charge in [0.25, 0.3) is 0 Å². The maximum atomic E-state index is 6.32. The first-order valence-electron chi connectivity index (χ1n) is 8.10. The largest absolute Gasteiger partial charge is 0.330 e. The van der Waals surface area contributed by atoms with Gasteiger partial charge in [-0.25, -0.2) is 0 Å². The van der Waals surface area contributed by atoms with Crippen LogP contribution in [0.2, 0.25) is 5.02 Å². The molecule has 21 heavy (non-hydrogen) atoms. The molecule has 0 aromatic heterocycles. The lowest BCUT2D eigenvalue weighted by Crippen LogP contribution is -2.21. The summed E-state index contributed by atoms with van der Waals surface area (Å²) in [4.78, 5) is 0. The summed E-state index contributed by atoms with van der Waals surface area (Å²) >= 11 is 6.32. The summed E-state index contributed by atoms with van der Waals surface area (Å²) in [6, 6.07) is 12.7. The summed E-state index contributed by atoms with van der Waals surface area (Å²) in [5, 5.41) is 3.34. The predicted molar refractivity (Wildman–Crippen MR) is 91.9 cm³/mol. The van der Waals surface area contributed by atoms with E-state index >= 15 is 0 Å². The van der Waals surface area contributed by atoms with Crippen LogP contribution in [0.25, 0.3) is 10.8 Å². The molecule has 1 aliphatic rings. The van der Waals surface area contributed by atoms with Gasteiger partial charge in [0, 0.05) is 10.4 Å². The molecule has 2 aromatic carbocycles. The first-order valence-corrected chi connectivity index (χ1v) is 8.48. The molecule has 1 fully saturated rings. The number of nitrogens with two attached hydrogens (primary N) is 1. The molecule has 0 spiro atoms. The van der Waals surface area contributed by atoms with Gasteiger partial charge in [0.1, 0.15) is 0 Å². The topological polar surface area (TPSA) is 26.0 Å². The summed E-state index contributed by atoms with van der Waals surface area (Å²) in [7, 11) is 0. The Morgan fingerprint density at radius 1 is 0.952 bits per heavy atom. The number of aryl methyl sites for hydroxylation is 1. The first kappa shape index (κ1) is 14.9. The molecule has 0 amide bonds. The fourth-order valence-electron chi connectivity index (χ4n) is 4.00. The Kier molecular flexibility index (Phi) is 4.51. The van der Waals surface area contributed by atoms with Gasteiger partial charge in [-0.2, -0.15) is 0 Å². The smallest absolute Gasteiger partial charge is 0.0484 e. The molecule has 3 rings (SSSR count). The summed E-state index contributed by atoms with van der Waals surface area (Å²) in [6.07, 6.45) is 9.04. The van der Waals surface area contributed by atoms with Crippen LogP contribution in [0.3, 0.4) is 0 Å². The third kappa shape index (κ3) is 3.09. The van der Waals surface area contributed by atoms with E-state index in [2.05, 4.69) is 30.3 Å². The minimum atomic E-state index is 0.496. The van der Waals surface area contributed by atoms with Crippen LogP contribution in [0.1, 0.15) is 44.1 Å². The normalized spacial score (nSPS) is 17.4. The molecule has 1 saturated carbocycles. The monoisotopic (exact) mass is 301 g/mol. The summed E-state index contributed by atoms with van der Waals surface area (Å²) in [6.45, 7) is 0.821. The van der Waals surface area contributed by atoms with Crippen LogP contribution in [0.5, 0.6) is 0 Å². The fourth-order valence-corrected chi connectivity index (χ4v) is 4.23. The quantitative estimate of drug-likeness (QED) is 0.793. The third-order valence-electron chi connectivity index (χ3n) is 5.22. The highest BCUT2D eigenvalue weighted by Crippen LogP contribution is 2.44. The van der Waals surface area contributed by atoms with E-state index in [1.165, 1.54) is 54.9 Å². The Morgan fingerprint density at radius 3 is 2.38 bits per heavy atom. The molecular formula is C19H24ClN. The van der Waals surface area contributed by atoms with Crippen molar-refractivity contribution in [3.05, 3.63) is 47.0 Å². The number of fused-ring (bicyclic) bond motifs is 1. The van der Waals surface area contributed by atoms with E-state index in [1.54, 1.807) is 0 Å². The van der Waals surface area contributed by atoms with Crippen LogP contribution < -0.4 is 5.73 Å². The molecule has 2 heteroatoms. The molecule has 0 aliphatic heterocycles. The van der Waals surface area contributed by atoms with E-state index in [0.717, 1.165) is 18.0 Å². The van der Waals surface area contributed by atoms with E-state index in [4.69, 9.17) is 17.3 Å². The Bertz CT molecular complexity index is 614. The highest BCUT2D eigenvalue weighted by Gasteiger charge is 2.32. The zero-order chi connectivity index (χ0) is 14.7. The molecule has 0 heterocycles. The van der Waals surface area contributed by atoms with Crippen molar-refractivity contribution < 1.29 is 0 Å².